The smallest absolute Gasteiger partial charge is 0.235 e. The number of amides is 1. The van der Waals surface area contributed by atoms with E-state index in [1.54, 1.807) is 24.3 Å². The molecule has 1 N–H and O–H groups in total. The minimum absolute atomic E-state index is 0.0637. The molecule has 0 heterocycles. The molecular weight excluding hydrogens is 398 g/mol. The first kappa shape index (κ1) is 21.3. The van der Waals surface area contributed by atoms with Crippen LogP contribution in [0, 0.1) is 34.5 Å². The Bertz CT molecular complexity index is 931. The third kappa shape index (κ3) is 4.13. The van der Waals surface area contributed by atoms with Crippen LogP contribution in [0.4, 0.5) is 0 Å². The largest absolute Gasteiger partial charge is 0.352 e. The summed E-state index contributed by atoms with van der Waals surface area (Å²) >= 11 is 0. The second-order valence-electron chi connectivity index (χ2n) is 9.85. The third-order valence-electron chi connectivity index (χ3n) is 7.70. The quantitative estimate of drug-likeness (QED) is 0.721. The number of sulfonamides is 1. The number of carbonyl (C=O) groups is 1. The predicted octanol–water partition coefficient (Wildman–Crippen LogP) is 3.04. The summed E-state index contributed by atoms with van der Waals surface area (Å²) < 4.78 is 26.6. The van der Waals surface area contributed by atoms with Crippen LogP contribution in [0.25, 0.3) is 0 Å². The van der Waals surface area contributed by atoms with E-state index < -0.39 is 10.0 Å². The lowest BCUT2D eigenvalue weighted by Gasteiger charge is -2.59. The van der Waals surface area contributed by atoms with Crippen LogP contribution in [0.3, 0.4) is 0 Å². The summed E-state index contributed by atoms with van der Waals surface area (Å²) in [5, 5.41) is 12.3. The number of carbonyl (C=O) groups excluding carboxylic acids is 1. The average molecular weight is 430 g/mol. The maximum atomic E-state index is 12.7. The molecule has 1 amide bonds. The lowest BCUT2D eigenvalue weighted by Crippen LogP contribution is -2.56. The molecule has 4 aliphatic carbocycles. The highest BCUT2D eigenvalue weighted by Crippen LogP contribution is 2.61. The van der Waals surface area contributed by atoms with E-state index in [4.69, 9.17) is 0 Å². The summed E-state index contributed by atoms with van der Waals surface area (Å²) in [7, 11) is -2.27. The second kappa shape index (κ2) is 7.97. The monoisotopic (exact) mass is 429 g/mol. The Morgan fingerprint density at radius 2 is 1.77 bits per heavy atom. The van der Waals surface area contributed by atoms with Crippen LogP contribution >= 0.6 is 0 Å². The number of hydrogen-bond acceptors (Lipinski definition) is 4. The lowest BCUT2D eigenvalue weighted by molar-refractivity contribution is -0.125. The zero-order chi connectivity index (χ0) is 21.5. The molecule has 4 aliphatic rings. The van der Waals surface area contributed by atoms with Gasteiger partial charge in [-0.25, -0.2) is 8.42 Å². The zero-order valence-electron chi connectivity index (χ0n) is 17.8. The molecule has 1 atom stereocenters. The number of benzene rings is 1. The van der Waals surface area contributed by atoms with E-state index in [2.05, 4.69) is 12.2 Å². The number of likely N-dealkylation sites (N-methyl/N-ethyl adjacent to an activating group) is 1. The number of hydrogen-bond donors (Lipinski definition) is 1. The van der Waals surface area contributed by atoms with E-state index >= 15 is 0 Å². The van der Waals surface area contributed by atoms with Crippen molar-refractivity contribution in [2.24, 2.45) is 23.2 Å². The molecule has 1 aromatic carbocycles. The fourth-order valence-corrected chi connectivity index (χ4v) is 7.69. The van der Waals surface area contributed by atoms with Gasteiger partial charge in [0, 0.05) is 13.1 Å². The normalized spacial score (nSPS) is 30.8. The summed E-state index contributed by atoms with van der Waals surface area (Å²) in [4.78, 5) is 12.7. The molecule has 5 rings (SSSR count). The van der Waals surface area contributed by atoms with E-state index in [9.17, 15) is 18.5 Å². The van der Waals surface area contributed by atoms with Crippen LogP contribution in [-0.4, -0.2) is 38.3 Å². The van der Waals surface area contributed by atoms with Gasteiger partial charge < -0.3 is 5.32 Å². The topological polar surface area (TPSA) is 90.3 Å². The Balaban J connectivity index is 1.37. The highest BCUT2D eigenvalue weighted by molar-refractivity contribution is 7.88. The van der Waals surface area contributed by atoms with Crippen LogP contribution in [0.2, 0.25) is 0 Å². The Kier molecular flexibility index (Phi) is 5.67. The molecule has 162 valence electrons. The van der Waals surface area contributed by atoms with Gasteiger partial charge in [0.2, 0.25) is 15.9 Å². The van der Waals surface area contributed by atoms with E-state index in [0.29, 0.717) is 11.1 Å². The first-order valence-corrected chi connectivity index (χ1v) is 12.5. The van der Waals surface area contributed by atoms with Gasteiger partial charge in [0.25, 0.3) is 0 Å². The molecule has 4 saturated carbocycles. The van der Waals surface area contributed by atoms with Crippen molar-refractivity contribution < 1.29 is 13.2 Å². The van der Waals surface area contributed by atoms with Crippen molar-refractivity contribution in [2.75, 3.05) is 13.6 Å². The van der Waals surface area contributed by atoms with E-state index in [1.165, 1.54) is 45.6 Å². The summed E-state index contributed by atoms with van der Waals surface area (Å²) in [6, 6.07) is 8.75. The van der Waals surface area contributed by atoms with Crippen molar-refractivity contribution in [3.63, 3.8) is 0 Å². The molecule has 7 heteroatoms. The summed E-state index contributed by atoms with van der Waals surface area (Å²) in [5.74, 6) is 1.87. The maximum Gasteiger partial charge on any atom is 0.235 e. The Labute approximate surface area is 179 Å². The molecule has 4 fully saturated rings. The van der Waals surface area contributed by atoms with Crippen molar-refractivity contribution in [3.8, 4) is 6.07 Å². The number of rotatable bonds is 7. The van der Waals surface area contributed by atoms with Crippen LogP contribution in [0.1, 0.15) is 56.6 Å². The van der Waals surface area contributed by atoms with Crippen molar-refractivity contribution in [1.29, 1.82) is 5.26 Å². The Morgan fingerprint density at radius 1 is 1.20 bits per heavy atom. The second-order valence-corrected chi connectivity index (χ2v) is 11.9. The molecule has 0 aliphatic heterocycles. The Morgan fingerprint density at radius 3 is 2.33 bits per heavy atom. The molecule has 0 spiro atoms. The van der Waals surface area contributed by atoms with Gasteiger partial charge in [-0.2, -0.15) is 9.57 Å². The first-order chi connectivity index (χ1) is 14.2. The molecule has 1 aromatic rings. The molecule has 30 heavy (non-hydrogen) atoms. The fourth-order valence-electron chi connectivity index (χ4n) is 6.51. The van der Waals surface area contributed by atoms with E-state index in [0.717, 1.165) is 22.1 Å². The lowest BCUT2D eigenvalue weighted by atomic mass is 9.48. The molecule has 0 saturated heterocycles. The van der Waals surface area contributed by atoms with E-state index in [-0.39, 0.29) is 29.7 Å². The molecule has 0 aromatic heterocycles. The van der Waals surface area contributed by atoms with Crippen molar-refractivity contribution >= 4 is 15.9 Å². The summed E-state index contributed by atoms with van der Waals surface area (Å²) in [5.41, 5.74) is 0.983. The molecular formula is C23H31N3O3S. The first-order valence-electron chi connectivity index (χ1n) is 10.9. The van der Waals surface area contributed by atoms with Gasteiger partial charge in [-0.1, -0.05) is 18.2 Å². The molecule has 6 nitrogen and oxygen atoms in total. The SMILES string of the molecule is C[C@H](NC(=O)CN(C)S(=O)(=O)Cc1ccccc1C#N)C12CC3CC(CC(C3)C1)C2. The highest BCUT2D eigenvalue weighted by Gasteiger charge is 2.53. The van der Waals surface area contributed by atoms with Gasteiger partial charge in [0.15, 0.2) is 0 Å². The van der Waals surface area contributed by atoms with Crippen LogP contribution in [0.15, 0.2) is 24.3 Å². The number of nitriles is 1. The van der Waals surface area contributed by atoms with E-state index in [1.807, 2.05) is 6.07 Å². The van der Waals surface area contributed by atoms with Gasteiger partial charge >= 0.3 is 0 Å². The van der Waals surface area contributed by atoms with Gasteiger partial charge in [-0.05, 0) is 80.2 Å². The predicted molar refractivity (Wildman–Crippen MR) is 115 cm³/mol. The fraction of sp³-hybridized carbons (Fsp3) is 0.652. The van der Waals surface area contributed by atoms with Gasteiger partial charge in [-0.15, -0.1) is 0 Å². The van der Waals surface area contributed by atoms with Crippen LogP contribution < -0.4 is 5.32 Å². The molecule has 4 bridgehead atoms. The van der Waals surface area contributed by atoms with Crippen LogP contribution in [-0.2, 0) is 20.6 Å². The van der Waals surface area contributed by atoms with Gasteiger partial charge in [-0.3, -0.25) is 4.79 Å². The van der Waals surface area contributed by atoms with Gasteiger partial charge in [0.05, 0.1) is 23.9 Å². The Hall–Kier alpha value is -1.91. The van der Waals surface area contributed by atoms with Crippen LogP contribution in [0.5, 0.6) is 0 Å². The average Bonchev–Trinajstić information content (AvgIpc) is 2.67. The highest BCUT2D eigenvalue weighted by atomic mass is 32.2. The van der Waals surface area contributed by atoms with Gasteiger partial charge in [0.1, 0.15) is 0 Å². The number of nitrogens with zero attached hydrogens (tertiary/aromatic N) is 2. The minimum atomic E-state index is -3.70. The summed E-state index contributed by atoms with van der Waals surface area (Å²) in [6.07, 6.45) is 7.64. The third-order valence-corrected chi connectivity index (χ3v) is 9.45. The molecule has 0 radical (unpaired) electrons. The summed E-state index contributed by atoms with van der Waals surface area (Å²) in [6.45, 7) is 1.90. The van der Waals surface area contributed by atoms with Crippen molar-refractivity contribution in [3.05, 3.63) is 35.4 Å². The molecule has 0 unspecified atom stereocenters. The zero-order valence-corrected chi connectivity index (χ0v) is 18.6. The standard InChI is InChI=1S/C23H31N3O3S/c1-16(23-10-17-7-18(11-23)9-19(8-17)12-23)25-22(27)14-26(2)30(28,29)15-21-6-4-3-5-20(21)13-24/h3-6,16-19H,7-12,14-15H2,1-2H3,(H,25,27)/t16-,17?,18?,19?,23?/m0/s1. The minimum Gasteiger partial charge on any atom is -0.352 e. The number of nitrogens with one attached hydrogen (secondary N) is 1. The van der Waals surface area contributed by atoms with Crippen molar-refractivity contribution in [2.45, 2.75) is 57.2 Å². The maximum absolute atomic E-state index is 12.7. The van der Waals surface area contributed by atoms with Crippen molar-refractivity contribution in [1.82, 2.24) is 9.62 Å².